The van der Waals surface area contributed by atoms with E-state index in [-0.39, 0.29) is 12.6 Å². The molecule has 4 rings (SSSR count). The van der Waals surface area contributed by atoms with Crippen molar-refractivity contribution in [1.29, 1.82) is 0 Å². The number of rotatable bonds is 9. The zero-order chi connectivity index (χ0) is 22.9. The van der Waals surface area contributed by atoms with Gasteiger partial charge in [-0.15, -0.1) is 5.10 Å². The summed E-state index contributed by atoms with van der Waals surface area (Å²) in [5.74, 6) is -0.226. The Morgan fingerprint density at radius 2 is 1.97 bits per heavy atom. The highest BCUT2D eigenvalue weighted by Crippen LogP contribution is 2.43. The molecule has 0 aromatic carbocycles. The van der Waals surface area contributed by atoms with Crippen LogP contribution in [0.1, 0.15) is 65.8 Å². The third-order valence-electron chi connectivity index (χ3n) is 5.40. The second-order valence-corrected chi connectivity index (χ2v) is 9.61. The van der Waals surface area contributed by atoms with Crippen molar-refractivity contribution in [2.45, 2.75) is 95.8 Å². The smallest absolute Gasteiger partial charge is 0.302 e. The fraction of sp³-hybridized carbons (Fsp3) is 0.762. The van der Waals surface area contributed by atoms with E-state index in [0.717, 1.165) is 37.1 Å². The first-order valence-corrected chi connectivity index (χ1v) is 12.2. The highest BCUT2D eigenvalue weighted by atomic mass is 32.2. The fourth-order valence-corrected chi connectivity index (χ4v) is 4.71. The molecule has 32 heavy (non-hydrogen) atoms. The number of aromatic nitrogens is 5. The van der Waals surface area contributed by atoms with E-state index < -0.39 is 30.3 Å². The predicted molar refractivity (Wildman–Crippen MR) is 117 cm³/mol. The molecule has 0 bridgehead atoms. The Labute approximate surface area is 191 Å². The second-order valence-electron chi connectivity index (χ2n) is 8.54. The SMILES string of the molecule is CCCCc1nc(SCCC)nc2c1nnn2[C@@H]1O[C@H](COC(C)=O)[C@H]2OC(C)(C)O[C@H]21. The summed E-state index contributed by atoms with van der Waals surface area (Å²) in [6.45, 7) is 9.44. The van der Waals surface area contributed by atoms with Crippen molar-refractivity contribution >= 4 is 28.9 Å². The molecule has 0 saturated carbocycles. The summed E-state index contributed by atoms with van der Waals surface area (Å²) in [6, 6.07) is 0. The zero-order valence-electron chi connectivity index (χ0n) is 19.2. The quantitative estimate of drug-likeness (QED) is 0.311. The molecule has 0 N–H and O–H groups in total. The molecule has 0 unspecified atom stereocenters. The van der Waals surface area contributed by atoms with Gasteiger partial charge >= 0.3 is 5.97 Å². The van der Waals surface area contributed by atoms with Crippen molar-refractivity contribution in [2.75, 3.05) is 12.4 Å². The Hall–Kier alpha value is -1.82. The van der Waals surface area contributed by atoms with Crippen LogP contribution in [0.4, 0.5) is 0 Å². The Morgan fingerprint density at radius 1 is 1.19 bits per heavy atom. The maximum absolute atomic E-state index is 11.4. The molecular weight excluding hydrogens is 434 g/mol. The highest BCUT2D eigenvalue weighted by molar-refractivity contribution is 7.99. The lowest BCUT2D eigenvalue weighted by Gasteiger charge is -2.24. The van der Waals surface area contributed by atoms with Crippen molar-refractivity contribution in [1.82, 2.24) is 25.0 Å². The number of carbonyl (C=O) groups excluding carboxylic acids is 1. The standard InChI is InChI=1S/C21H31N5O5S/c1-6-8-9-13-15-18(23-20(22-13)32-10-7-2)26(25-24-15)19-17-16(30-21(4,5)31-17)14(29-19)11-28-12(3)27/h14,16-17,19H,6-11H2,1-5H3/t14-,16-,17-,19-/m1/s1. The number of ether oxygens (including phenoxy) is 4. The Kier molecular flexibility index (Phi) is 6.99. The third-order valence-corrected chi connectivity index (χ3v) is 6.45. The van der Waals surface area contributed by atoms with Gasteiger partial charge in [-0.1, -0.05) is 37.2 Å². The zero-order valence-corrected chi connectivity index (χ0v) is 20.1. The van der Waals surface area contributed by atoms with Crippen LogP contribution < -0.4 is 0 Å². The van der Waals surface area contributed by atoms with Crippen LogP contribution in [-0.2, 0) is 30.2 Å². The molecule has 11 heteroatoms. The van der Waals surface area contributed by atoms with Crippen molar-refractivity contribution in [3.8, 4) is 0 Å². The summed E-state index contributed by atoms with van der Waals surface area (Å²) in [7, 11) is 0. The number of hydrogen-bond acceptors (Lipinski definition) is 10. The van der Waals surface area contributed by atoms with Crippen LogP contribution in [-0.4, -0.2) is 67.4 Å². The minimum atomic E-state index is -0.786. The van der Waals surface area contributed by atoms with Gasteiger partial charge in [-0.25, -0.2) is 9.97 Å². The summed E-state index contributed by atoms with van der Waals surface area (Å²) in [4.78, 5) is 20.9. The van der Waals surface area contributed by atoms with Gasteiger partial charge in [0.25, 0.3) is 0 Å². The number of hydrogen-bond donors (Lipinski definition) is 0. The lowest BCUT2D eigenvalue weighted by Crippen LogP contribution is -2.33. The number of carbonyl (C=O) groups is 1. The summed E-state index contributed by atoms with van der Waals surface area (Å²) in [5.41, 5.74) is 2.20. The molecule has 176 valence electrons. The van der Waals surface area contributed by atoms with Gasteiger partial charge in [-0.3, -0.25) is 4.79 Å². The number of unbranched alkanes of at least 4 members (excludes halogenated alkanes) is 1. The molecular formula is C21H31N5O5S. The van der Waals surface area contributed by atoms with Gasteiger partial charge in [0.15, 0.2) is 28.3 Å². The first-order chi connectivity index (χ1) is 15.3. The van der Waals surface area contributed by atoms with E-state index in [2.05, 4.69) is 24.2 Å². The van der Waals surface area contributed by atoms with Gasteiger partial charge in [0.1, 0.15) is 24.9 Å². The highest BCUT2D eigenvalue weighted by Gasteiger charge is 2.57. The van der Waals surface area contributed by atoms with Crippen LogP contribution in [0.5, 0.6) is 0 Å². The van der Waals surface area contributed by atoms with Crippen LogP contribution in [0.2, 0.25) is 0 Å². The Balaban J connectivity index is 1.70. The molecule has 0 aliphatic carbocycles. The third kappa shape index (κ3) is 4.75. The van der Waals surface area contributed by atoms with Gasteiger partial charge in [-0.2, -0.15) is 4.68 Å². The average Bonchev–Trinajstić information content (AvgIpc) is 3.39. The predicted octanol–water partition coefficient (Wildman–Crippen LogP) is 3.05. The van der Waals surface area contributed by atoms with Crippen LogP contribution in [0.3, 0.4) is 0 Å². The molecule has 4 atom stereocenters. The van der Waals surface area contributed by atoms with Gasteiger partial charge in [0, 0.05) is 12.7 Å². The molecule has 10 nitrogen and oxygen atoms in total. The minimum absolute atomic E-state index is 0.0768. The van der Waals surface area contributed by atoms with Gasteiger partial charge in [0.2, 0.25) is 0 Å². The summed E-state index contributed by atoms with van der Waals surface area (Å²) < 4.78 is 25.3. The normalized spacial score (nSPS) is 26.5. The Morgan fingerprint density at radius 3 is 2.69 bits per heavy atom. The molecule has 2 aliphatic rings. The first-order valence-electron chi connectivity index (χ1n) is 11.2. The Bertz CT molecular complexity index is 967. The van der Waals surface area contributed by atoms with Crippen molar-refractivity contribution in [3.63, 3.8) is 0 Å². The lowest BCUT2D eigenvalue weighted by molar-refractivity contribution is -0.203. The number of thioether (sulfide) groups is 1. The van der Waals surface area contributed by atoms with Crippen LogP contribution in [0.25, 0.3) is 11.2 Å². The number of nitrogens with zero attached hydrogens (tertiary/aromatic N) is 5. The first kappa shape index (κ1) is 23.3. The van der Waals surface area contributed by atoms with Crippen molar-refractivity contribution < 1.29 is 23.7 Å². The second kappa shape index (κ2) is 9.58. The number of esters is 1. The van der Waals surface area contributed by atoms with Crippen LogP contribution in [0.15, 0.2) is 5.16 Å². The number of aryl methyl sites for hydroxylation is 1. The van der Waals surface area contributed by atoms with Crippen LogP contribution in [0, 0.1) is 0 Å². The molecule has 2 aromatic heterocycles. The molecule has 2 aliphatic heterocycles. The molecule has 2 aromatic rings. The van der Waals surface area contributed by atoms with E-state index in [1.807, 2.05) is 13.8 Å². The van der Waals surface area contributed by atoms with E-state index in [9.17, 15) is 4.79 Å². The largest absolute Gasteiger partial charge is 0.463 e. The lowest BCUT2D eigenvalue weighted by atomic mass is 10.1. The molecule has 0 spiro atoms. The van der Waals surface area contributed by atoms with Gasteiger partial charge in [0.05, 0.1) is 5.69 Å². The molecule has 0 radical (unpaired) electrons. The minimum Gasteiger partial charge on any atom is -0.463 e. The van der Waals surface area contributed by atoms with Crippen LogP contribution >= 0.6 is 11.8 Å². The molecule has 4 heterocycles. The van der Waals surface area contributed by atoms with E-state index in [4.69, 9.17) is 28.9 Å². The maximum atomic E-state index is 11.4. The summed E-state index contributed by atoms with van der Waals surface area (Å²) >= 11 is 1.62. The summed E-state index contributed by atoms with van der Waals surface area (Å²) in [5, 5.41) is 9.51. The summed E-state index contributed by atoms with van der Waals surface area (Å²) in [6.07, 6.45) is 1.99. The topological polar surface area (TPSA) is 110 Å². The van der Waals surface area contributed by atoms with Gasteiger partial charge < -0.3 is 18.9 Å². The van der Waals surface area contributed by atoms with E-state index in [0.29, 0.717) is 16.3 Å². The monoisotopic (exact) mass is 465 g/mol. The fourth-order valence-electron chi connectivity index (χ4n) is 4.00. The molecule has 2 fully saturated rings. The van der Waals surface area contributed by atoms with E-state index >= 15 is 0 Å². The van der Waals surface area contributed by atoms with Gasteiger partial charge in [-0.05, 0) is 33.1 Å². The number of fused-ring (bicyclic) bond motifs is 2. The van der Waals surface area contributed by atoms with Crippen molar-refractivity contribution in [2.24, 2.45) is 0 Å². The molecule has 0 amide bonds. The van der Waals surface area contributed by atoms with Crippen molar-refractivity contribution in [3.05, 3.63) is 5.69 Å². The maximum Gasteiger partial charge on any atom is 0.302 e. The molecule has 2 saturated heterocycles. The van der Waals surface area contributed by atoms with E-state index in [1.165, 1.54) is 6.92 Å². The average molecular weight is 466 g/mol. The van der Waals surface area contributed by atoms with E-state index in [1.54, 1.807) is 16.4 Å².